The van der Waals surface area contributed by atoms with Gasteiger partial charge in [0, 0.05) is 8.07 Å². The zero-order valence-electron chi connectivity index (χ0n) is 16.7. The van der Waals surface area contributed by atoms with E-state index in [1.807, 2.05) is 0 Å². The van der Waals surface area contributed by atoms with Crippen LogP contribution in [0.4, 0.5) is 0 Å². The van der Waals surface area contributed by atoms with E-state index in [4.69, 9.17) is 0 Å². The third-order valence-corrected chi connectivity index (χ3v) is 11.4. The molecule has 138 valence electrons. The first-order valence-corrected chi connectivity index (χ1v) is 11.5. The number of hydrogen-bond donors (Lipinski definition) is 0. The van der Waals surface area contributed by atoms with Gasteiger partial charge in [-0.1, -0.05) is 71.0 Å². The van der Waals surface area contributed by atoms with Gasteiger partial charge in [0.15, 0.2) is 0 Å². The fourth-order valence-corrected chi connectivity index (χ4v) is 8.33. The smallest absolute Gasteiger partial charge is 1.00 e. The third-order valence-electron chi connectivity index (χ3n) is 5.87. The minimum atomic E-state index is -0.891. The van der Waals surface area contributed by atoms with E-state index >= 15 is 0 Å². The van der Waals surface area contributed by atoms with Gasteiger partial charge in [-0.15, -0.1) is 13.3 Å². The first-order chi connectivity index (χ1) is 10.3. The Bertz CT molecular complexity index is 552. The molecule has 3 aliphatic rings. The molecule has 0 radical (unpaired) electrons. The van der Waals surface area contributed by atoms with Gasteiger partial charge in [-0.05, 0) is 0 Å². The molecule has 0 N–H and O–H groups in total. The van der Waals surface area contributed by atoms with Gasteiger partial charge < -0.3 is 24.8 Å². The van der Waals surface area contributed by atoms with Crippen molar-refractivity contribution in [3.8, 4) is 0 Å². The second-order valence-electron chi connectivity index (χ2n) is 7.71. The van der Waals surface area contributed by atoms with Crippen molar-refractivity contribution in [2.24, 2.45) is 5.41 Å². The van der Waals surface area contributed by atoms with E-state index in [-0.39, 0.29) is 56.4 Å². The average molecular weight is 475 g/mol. The van der Waals surface area contributed by atoms with Crippen molar-refractivity contribution in [1.82, 2.24) is 0 Å². The Kier molecular flexibility index (Phi) is 12.8. The van der Waals surface area contributed by atoms with Crippen LogP contribution in [0.3, 0.4) is 0 Å². The normalized spacial score (nSPS) is 21.5. The van der Waals surface area contributed by atoms with Gasteiger partial charge in [0.2, 0.25) is 0 Å². The molecule has 0 aromatic heterocycles. The Morgan fingerprint density at radius 2 is 1.72 bits per heavy atom. The average Bonchev–Trinajstić information content (AvgIpc) is 3.00. The van der Waals surface area contributed by atoms with Crippen LogP contribution in [0.25, 0.3) is 0 Å². The molecule has 0 spiro atoms. The van der Waals surface area contributed by atoms with E-state index < -0.39 is 8.07 Å². The molecule has 0 nitrogen and oxygen atoms in total. The summed E-state index contributed by atoms with van der Waals surface area (Å²) in [5.74, 6) is 0. The molecule has 1 aliphatic heterocycles. The summed E-state index contributed by atoms with van der Waals surface area (Å²) in [5.41, 5.74) is 4.39. The first-order valence-electron chi connectivity index (χ1n) is 8.90. The molecule has 0 bridgehead atoms. The zero-order valence-corrected chi connectivity index (χ0v) is 21.6. The van der Waals surface area contributed by atoms with Crippen molar-refractivity contribution < 1.29 is 51.0 Å². The quantitative estimate of drug-likeness (QED) is 0.415. The molecule has 0 aromatic carbocycles. The van der Waals surface area contributed by atoms with E-state index in [0.717, 1.165) is 6.42 Å². The third kappa shape index (κ3) is 6.34. The number of halogens is 2. The summed E-state index contributed by atoms with van der Waals surface area (Å²) in [6.45, 7) is 13.2. The van der Waals surface area contributed by atoms with Crippen LogP contribution in [-0.2, 0) is 26.2 Å². The summed E-state index contributed by atoms with van der Waals surface area (Å²) in [6, 6.07) is 4.61. The zero-order chi connectivity index (χ0) is 16.4. The minimum Gasteiger partial charge on any atom is -1.00 e. The maximum atomic E-state index is 3.55. The van der Waals surface area contributed by atoms with Crippen LogP contribution in [-0.4, -0.2) is 8.07 Å². The van der Waals surface area contributed by atoms with Crippen LogP contribution < -0.4 is 24.8 Å². The molecule has 0 saturated carbocycles. The molecule has 1 heterocycles. The fraction of sp³-hybridized carbons (Fsp3) is 0.619. The van der Waals surface area contributed by atoms with Crippen molar-refractivity contribution in [1.29, 1.82) is 0 Å². The monoisotopic (exact) mass is 472 g/mol. The van der Waals surface area contributed by atoms with E-state index in [2.05, 4.69) is 65.8 Å². The van der Waals surface area contributed by atoms with Crippen LogP contribution in [0.5, 0.6) is 0 Å². The van der Waals surface area contributed by atoms with Crippen molar-refractivity contribution in [2.75, 3.05) is 0 Å². The van der Waals surface area contributed by atoms with E-state index in [1.54, 1.807) is 17.3 Å². The Balaban J connectivity index is 0. The van der Waals surface area contributed by atoms with Gasteiger partial charge in [0.05, 0.1) is 0 Å². The van der Waals surface area contributed by atoms with Crippen LogP contribution >= 0.6 is 0 Å². The van der Waals surface area contributed by atoms with E-state index in [9.17, 15) is 0 Å². The van der Waals surface area contributed by atoms with Gasteiger partial charge in [-0.3, -0.25) is 12.2 Å². The number of hydrogen-bond acceptors (Lipinski definition) is 0. The molecule has 0 unspecified atom stereocenters. The second kappa shape index (κ2) is 11.5. The van der Waals surface area contributed by atoms with Crippen molar-refractivity contribution in [2.45, 2.75) is 78.9 Å². The predicted octanol–water partition coefficient (Wildman–Crippen LogP) is 0.595. The Labute approximate surface area is 188 Å². The Morgan fingerprint density at radius 3 is 1.96 bits per heavy atom. The van der Waals surface area contributed by atoms with Crippen LogP contribution in [0.2, 0.25) is 18.1 Å². The summed E-state index contributed by atoms with van der Waals surface area (Å²) in [4.78, 5) is 0. The van der Waals surface area contributed by atoms with Crippen LogP contribution in [0.15, 0.2) is 34.1 Å². The van der Waals surface area contributed by atoms with Gasteiger partial charge in [0.1, 0.15) is 0 Å². The molecule has 1 saturated heterocycles. The molecule has 1 fully saturated rings. The molecule has 0 amide bonds. The van der Waals surface area contributed by atoms with Gasteiger partial charge >= 0.3 is 26.2 Å². The first kappa shape index (κ1) is 27.9. The summed E-state index contributed by atoms with van der Waals surface area (Å²) in [6.07, 6.45) is 15.6. The summed E-state index contributed by atoms with van der Waals surface area (Å²) < 4.78 is 0. The molecule has 4 heteroatoms. The second-order valence-corrected chi connectivity index (χ2v) is 12.3. The molecule has 3 rings (SSSR count). The van der Waals surface area contributed by atoms with Crippen molar-refractivity contribution in [3.63, 3.8) is 0 Å². The number of allylic oxidation sites excluding steroid dienone is 8. The van der Waals surface area contributed by atoms with Crippen molar-refractivity contribution in [3.05, 3.63) is 46.2 Å². The van der Waals surface area contributed by atoms with Crippen molar-refractivity contribution >= 4 is 8.07 Å². The summed E-state index contributed by atoms with van der Waals surface area (Å²) in [5, 5.41) is 1.66. The van der Waals surface area contributed by atoms with Crippen LogP contribution in [0, 0.1) is 17.6 Å². The Morgan fingerprint density at radius 1 is 1.12 bits per heavy atom. The van der Waals surface area contributed by atoms with Crippen LogP contribution in [0.1, 0.15) is 60.8 Å². The maximum absolute atomic E-state index is 3.55. The summed E-state index contributed by atoms with van der Waals surface area (Å²) in [7, 11) is -0.891. The summed E-state index contributed by atoms with van der Waals surface area (Å²) >= 11 is 0. The minimum absolute atomic E-state index is 0. The largest absolute Gasteiger partial charge is 4.00 e. The van der Waals surface area contributed by atoms with E-state index in [1.165, 1.54) is 35.6 Å². The molecule has 25 heavy (non-hydrogen) atoms. The maximum Gasteiger partial charge on any atom is 4.00 e. The number of rotatable bonds is 3. The van der Waals surface area contributed by atoms with E-state index in [0.29, 0.717) is 0 Å². The Hall–Kier alpha value is 0.640. The molecule has 2 aliphatic carbocycles. The fourth-order valence-electron chi connectivity index (χ4n) is 3.91. The van der Waals surface area contributed by atoms with Gasteiger partial charge in [0.25, 0.3) is 0 Å². The molecular weight excluding hydrogens is 442 g/mol. The molecular formula is C21H32Cl2SiZr. The standard InChI is InChI=1S/C11H17Si.C10H15.2ClH.Zr/c1-2-8-12(9-5-10-12)11-6-3-4-7-11;1-7-6-10(4,5)9(3)8(7)2;;;/h3,6H,2,4-5,8-10H2,1H3;1-5H3;2*1H;/q2*-1;;;+4/p-2. The topological polar surface area (TPSA) is 0 Å². The predicted molar refractivity (Wildman–Crippen MR) is 100 cm³/mol. The van der Waals surface area contributed by atoms with Gasteiger partial charge in [-0.25, -0.2) is 16.8 Å². The SMILES string of the molecule is CC1=[C-]C(C)(C)C(C)=C1C.CCC[Si]1(C2=[C-]CC=C2)CCC1.[Cl-].[Cl-].[Zr+4]. The molecule has 0 aromatic rings. The van der Waals surface area contributed by atoms with Gasteiger partial charge in [-0.2, -0.15) is 17.2 Å². The molecule has 0 atom stereocenters.